The largest absolute Gasteiger partial charge is 0.504 e. The Morgan fingerprint density at radius 3 is 2.75 bits per heavy atom. The maximum atomic E-state index is 9.74. The van der Waals surface area contributed by atoms with Crippen LogP contribution in [0.2, 0.25) is 0 Å². The Hall–Kier alpha value is -1.30. The van der Waals surface area contributed by atoms with Crippen LogP contribution in [0.1, 0.15) is 17.2 Å². The molecule has 1 aromatic carbocycles. The van der Waals surface area contributed by atoms with Crippen LogP contribution >= 0.6 is 0 Å². The van der Waals surface area contributed by atoms with E-state index in [1.54, 1.807) is 6.07 Å². The fourth-order valence-corrected chi connectivity index (χ4v) is 2.03. The van der Waals surface area contributed by atoms with E-state index in [9.17, 15) is 10.2 Å². The van der Waals surface area contributed by atoms with Crippen LogP contribution in [-0.4, -0.2) is 34.6 Å². The molecule has 5 heteroatoms. The molecule has 0 fully saturated rings. The molecule has 0 aliphatic carbocycles. The molecule has 1 aromatic rings. The third kappa shape index (κ3) is 1.73. The number of phenolic OH excluding ortho intramolecular Hbond substituents is 2. The number of rotatable bonds is 2. The van der Waals surface area contributed by atoms with Crippen LogP contribution in [0.25, 0.3) is 0 Å². The van der Waals surface area contributed by atoms with Crippen LogP contribution in [0.3, 0.4) is 0 Å². The van der Waals surface area contributed by atoms with Crippen molar-refractivity contribution in [3.63, 3.8) is 0 Å². The van der Waals surface area contributed by atoms with Gasteiger partial charge in [0.2, 0.25) is 0 Å². The third-order valence-corrected chi connectivity index (χ3v) is 2.85. The van der Waals surface area contributed by atoms with Crippen molar-refractivity contribution < 1.29 is 20.1 Å². The van der Waals surface area contributed by atoms with Crippen molar-refractivity contribution in [1.29, 1.82) is 0 Å². The van der Waals surface area contributed by atoms with Crippen molar-refractivity contribution >= 4 is 0 Å². The zero-order valence-electron chi connectivity index (χ0n) is 8.76. The zero-order chi connectivity index (χ0) is 11.7. The SMILES string of the molecule is NC[C@@H]1O[C@H](CO)Cc2c1ccc(O)c2O. The number of benzene rings is 1. The minimum absolute atomic E-state index is 0.134. The minimum atomic E-state index is -0.381. The van der Waals surface area contributed by atoms with E-state index in [0.29, 0.717) is 12.0 Å². The van der Waals surface area contributed by atoms with Gasteiger partial charge in [-0.05, 0) is 11.6 Å². The molecule has 0 saturated carbocycles. The predicted octanol–water partition coefficient (Wildman–Crippen LogP) is 0.0312. The van der Waals surface area contributed by atoms with E-state index >= 15 is 0 Å². The van der Waals surface area contributed by atoms with Crippen molar-refractivity contribution in [1.82, 2.24) is 0 Å². The summed E-state index contributed by atoms with van der Waals surface area (Å²) in [6.45, 7) is 0.138. The molecule has 16 heavy (non-hydrogen) atoms. The second kappa shape index (κ2) is 4.29. The van der Waals surface area contributed by atoms with Crippen molar-refractivity contribution in [3.8, 4) is 11.5 Å². The Bertz CT molecular complexity index is 394. The number of ether oxygens (including phenoxy) is 1. The van der Waals surface area contributed by atoms with E-state index in [-0.39, 0.29) is 36.9 Å². The van der Waals surface area contributed by atoms with Crippen LogP contribution in [0.15, 0.2) is 12.1 Å². The lowest BCUT2D eigenvalue weighted by molar-refractivity contribution is -0.0472. The fraction of sp³-hybridized carbons (Fsp3) is 0.455. The Balaban J connectivity index is 2.45. The molecule has 2 rings (SSSR count). The summed E-state index contributed by atoms with van der Waals surface area (Å²) < 4.78 is 5.54. The first kappa shape index (κ1) is 11.2. The third-order valence-electron chi connectivity index (χ3n) is 2.85. The van der Waals surface area contributed by atoms with Gasteiger partial charge in [-0.15, -0.1) is 0 Å². The first-order valence-electron chi connectivity index (χ1n) is 5.17. The van der Waals surface area contributed by atoms with Crippen LogP contribution in [0.4, 0.5) is 0 Å². The average molecular weight is 225 g/mol. The number of aliphatic hydroxyl groups excluding tert-OH is 1. The van der Waals surface area contributed by atoms with Crippen LogP contribution < -0.4 is 5.73 Å². The Kier molecular flexibility index (Phi) is 3.00. The number of fused-ring (bicyclic) bond motifs is 1. The molecule has 0 aromatic heterocycles. The summed E-state index contributed by atoms with van der Waals surface area (Å²) in [5.41, 5.74) is 6.96. The van der Waals surface area contributed by atoms with Gasteiger partial charge in [-0.3, -0.25) is 0 Å². The molecule has 2 atom stereocenters. The number of phenols is 2. The van der Waals surface area contributed by atoms with Crippen molar-refractivity contribution in [3.05, 3.63) is 23.3 Å². The summed E-state index contributed by atoms with van der Waals surface area (Å²) in [6, 6.07) is 3.11. The summed E-state index contributed by atoms with van der Waals surface area (Å²) in [5, 5.41) is 28.2. The number of aliphatic hydroxyl groups is 1. The number of hydrogen-bond acceptors (Lipinski definition) is 5. The molecule has 5 nitrogen and oxygen atoms in total. The molecule has 0 radical (unpaired) electrons. The highest BCUT2D eigenvalue weighted by Crippen LogP contribution is 2.39. The van der Waals surface area contributed by atoms with Gasteiger partial charge in [0.05, 0.1) is 18.8 Å². The van der Waals surface area contributed by atoms with Crippen LogP contribution in [0.5, 0.6) is 11.5 Å². The van der Waals surface area contributed by atoms with Gasteiger partial charge in [0.1, 0.15) is 0 Å². The van der Waals surface area contributed by atoms with E-state index in [2.05, 4.69) is 0 Å². The molecular weight excluding hydrogens is 210 g/mol. The topological polar surface area (TPSA) is 95.9 Å². The summed E-state index contributed by atoms with van der Waals surface area (Å²) >= 11 is 0. The van der Waals surface area contributed by atoms with Crippen LogP contribution in [-0.2, 0) is 11.2 Å². The van der Waals surface area contributed by atoms with E-state index in [1.807, 2.05) is 0 Å². The monoisotopic (exact) mass is 225 g/mol. The lowest BCUT2D eigenvalue weighted by Gasteiger charge is -2.31. The van der Waals surface area contributed by atoms with Crippen molar-refractivity contribution in [2.75, 3.05) is 13.2 Å². The highest BCUT2D eigenvalue weighted by Gasteiger charge is 2.29. The quantitative estimate of drug-likeness (QED) is 0.533. The standard InChI is InChI=1S/C11H15NO4/c12-4-10-7-1-2-9(14)11(15)8(7)3-6(5-13)16-10/h1-2,6,10,13-15H,3-5,12H2/t6-,10-/m0/s1. The molecule has 0 amide bonds. The van der Waals surface area contributed by atoms with Crippen molar-refractivity contribution in [2.45, 2.75) is 18.6 Å². The summed E-state index contributed by atoms with van der Waals surface area (Å²) in [6.07, 6.45) is -0.344. The Morgan fingerprint density at radius 2 is 2.12 bits per heavy atom. The van der Waals surface area contributed by atoms with Crippen LogP contribution in [0, 0.1) is 0 Å². The number of nitrogens with two attached hydrogens (primary N) is 1. The number of aromatic hydroxyl groups is 2. The molecule has 1 aliphatic rings. The Morgan fingerprint density at radius 1 is 1.38 bits per heavy atom. The molecule has 0 bridgehead atoms. The molecule has 1 heterocycles. The molecule has 0 saturated heterocycles. The second-order valence-electron chi connectivity index (χ2n) is 3.87. The maximum Gasteiger partial charge on any atom is 0.161 e. The smallest absolute Gasteiger partial charge is 0.161 e. The Labute approximate surface area is 93.1 Å². The van der Waals surface area contributed by atoms with Crippen molar-refractivity contribution in [2.24, 2.45) is 5.73 Å². The van der Waals surface area contributed by atoms with E-state index < -0.39 is 0 Å². The molecule has 0 unspecified atom stereocenters. The zero-order valence-corrected chi connectivity index (χ0v) is 8.76. The predicted molar refractivity (Wildman–Crippen MR) is 57.2 cm³/mol. The second-order valence-corrected chi connectivity index (χ2v) is 3.87. The van der Waals surface area contributed by atoms with Gasteiger partial charge in [0.15, 0.2) is 11.5 Å². The maximum absolute atomic E-state index is 9.74. The minimum Gasteiger partial charge on any atom is -0.504 e. The van der Waals surface area contributed by atoms with E-state index in [4.69, 9.17) is 15.6 Å². The fourth-order valence-electron chi connectivity index (χ4n) is 2.03. The lowest BCUT2D eigenvalue weighted by atomic mass is 9.93. The van der Waals surface area contributed by atoms with E-state index in [0.717, 1.165) is 5.56 Å². The lowest BCUT2D eigenvalue weighted by Crippen LogP contribution is -2.32. The first-order valence-corrected chi connectivity index (χ1v) is 5.17. The molecule has 5 N–H and O–H groups in total. The molecule has 1 aliphatic heterocycles. The summed E-state index contributed by atoms with van der Waals surface area (Å²) in [7, 11) is 0. The van der Waals surface area contributed by atoms with Gasteiger partial charge in [-0.2, -0.15) is 0 Å². The summed E-state index contributed by atoms with van der Waals surface area (Å²) in [5.74, 6) is -0.300. The highest BCUT2D eigenvalue weighted by atomic mass is 16.5. The first-order chi connectivity index (χ1) is 7.67. The molecular formula is C11H15NO4. The van der Waals surface area contributed by atoms with Gasteiger partial charge in [0, 0.05) is 18.5 Å². The summed E-state index contributed by atoms with van der Waals surface area (Å²) in [4.78, 5) is 0. The van der Waals surface area contributed by atoms with Gasteiger partial charge in [-0.25, -0.2) is 0 Å². The normalized spacial score (nSPS) is 24.1. The van der Waals surface area contributed by atoms with E-state index in [1.165, 1.54) is 6.07 Å². The molecule has 0 spiro atoms. The van der Waals surface area contributed by atoms with Gasteiger partial charge < -0.3 is 25.8 Å². The van der Waals surface area contributed by atoms with Gasteiger partial charge >= 0.3 is 0 Å². The van der Waals surface area contributed by atoms with Gasteiger partial charge in [-0.1, -0.05) is 6.07 Å². The van der Waals surface area contributed by atoms with Gasteiger partial charge in [0.25, 0.3) is 0 Å². The molecule has 88 valence electrons. The highest BCUT2D eigenvalue weighted by molar-refractivity contribution is 5.50. The number of hydrogen-bond donors (Lipinski definition) is 4. The average Bonchev–Trinajstić information content (AvgIpc) is 2.32.